The number of amides is 3. The molecule has 0 spiro atoms. The molecule has 4 unspecified atom stereocenters. The lowest BCUT2D eigenvalue weighted by Crippen LogP contribution is -2.56. The molecule has 6 rings (SSSR count). The summed E-state index contributed by atoms with van der Waals surface area (Å²) in [6.45, 7) is 13.4. The van der Waals surface area contributed by atoms with Gasteiger partial charge in [0.25, 0.3) is 15.9 Å². The maximum atomic E-state index is 14.5. The lowest BCUT2D eigenvalue weighted by Gasteiger charge is -2.29. The number of nitrogens with one attached hydrogen (secondary N) is 4. The fourth-order valence-electron chi connectivity index (χ4n) is 7.85. The molecular formula is C47H61N7O10S2. The van der Waals surface area contributed by atoms with Crippen molar-refractivity contribution < 1.29 is 46.9 Å². The zero-order valence-electron chi connectivity index (χ0n) is 38.3. The minimum Gasteiger partial charge on any atom is -0.497 e. The number of carbonyl (C=O) groups excluding carboxylic acids is 3. The number of nitrogens with zero attached hydrogens (tertiary/aromatic N) is 3. The lowest BCUT2D eigenvalue weighted by molar-refractivity contribution is -0.137. The van der Waals surface area contributed by atoms with Crippen molar-refractivity contribution in [2.24, 2.45) is 5.92 Å². The number of aliphatic carboxylic acids is 1. The Bertz CT molecular complexity index is 2520. The maximum Gasteiger partial charge on any atom is 0.411 e. The first-order valence-electron chi connectivity index (χ1n) is 22.3. The van der Waals surface area contributed by atoms with E-state index in [0.29, 0.717) is 52.4 Å². The molecule has 2 aromatic carbocycles. The summed E-state index contributed by atoms with van der Waals surface area (Å²) in [5, 5.41) is 21.4. The molecule has 17 nitrogen and oxygen atoms in total. The van der Waals surface area contributed by atoms with Gasteiger partial charge >= 0.3 is 12.1 Å². The van der Waals surface area contributed by atoms with E-state index in [4.69, 9.17) is 29.3 Å². The topological polar surface area (TPSA) is 227 Å². The van der Waals surface area contributed by atoms with Gasteiger partial charge in [-0.05, 0) is 78.1 Å². The van der Waals surface area contributed by atoms with Gasteiger partial charge in [0.2, 0.25) is 5.91 Å². The molecule has 0 bridgehead atoms. The smallest absolute Gasteiger partial charge is 0.411 e. The molecule has 2 fully saturated rings. The monoisotopic (exact) mass is 947 g/mol. The van der Waals surface area contributed by atoms with Crippen LogP contribution in [-0.4, -0.2) is 102 Å². The lowest BCUT2D eigenvalue weighted by atomic mass is 10.1. The van der Waals surface area contributed by atoms with E-state index in [9.17, 15) is 27.6 Å². The summed E-state index contributed by atoms with van der Waals surface area (Å²) in [5.41, 5.74) is -0.515. The number of benzene rings is 2. The number of rotatable bonds is 22. The average molecular weight is 948 g/mol. The summed E-state index contributed by atoms with van der Waals surface area (Å²) < 4.78 is 47.9. The summed E-state index contributed by atoms with van der Waals surface area (Å²) in [4.78, 5) is 63.9. The first-order valence-corrected chi connectivity index (χ1v) is 24.6. The molecule has 356 valence electrons. The summed E-state index contributed by atoms with van der Waals surface area (Å²) >= 11 is 1.45. The van der Waals surface area contributed by atoms with Crippen LogP contribution in [0.2, 0.25) is 0 Å². The van der Waals surface area contributed by atoms with Gasteiger partial charge in [-0.15, -0.1) is 17.9 Å². The number of hydrogen-bond donors (Lipinski definition) is 5. The number of para-hydroxylation sites is 1. The second kappa shape index (κ2) is 21.1. The molecule has 1 aliphatic carbocycles. The fourth-order valence-corrected chi connectivity index (χ4v) is 9.93. The van der Waals surface area contributed by atoms with Gasteiger partial charge in [-0.3, -0.25) is 19.3 Å². The van der Waals surface area contributed by atoms with E-state index in [1.807, 2.05) is 25.3 Å². The highest BCUT2D eigenvalue weighted by Gasteiger charge is 2.61. The second-order valence-electron chi connectivity index (χ2n) is 18.0. The molecule has 1 saturated heterocycles. The van der Waals surface area contributed by atoms with Gasteiger partial charge in [0, 0.05) is 54.2 Å². The SMILES string of the molecule is C=CC1CC1(NC(=O)C1CC(Oc2cc(-c3csc(NC(C)C)n3)nc3cc(OC)ccc23)CN1C(=O)OC(C)(C)C)C(=O)NS(=O)(=O)c1ccccc1NCCCCCCCCC(=O)O. The number of sulfonamides is 1. The predicted molar refractivity (Wildman–Crippen MR) is 253 cm³/mol. The first-order chi connectivity index (χ1) is 31.3. The molecule has 5 N–H and O–H groups in total. The molecule has 66 heavy (non-hydrogen) atoms. The third-order valence-electron chi connectivity index (χ3n) is 11.2. The normalized spacial score (nSPS) is 19.3. The molecule has 1 aliphatic heterocycles. The first kappa shape index (κ1) is 49.5. The van der Waals surface area contributed by atoms with Crippen LogP contribution in [0.5, 0.6) is 11.5 Å². The summed E-state index contributed by atoms with van der Waals surface area (Å²) in [6, 6.07) is 12.4. The highest BCUT2D eigenvalue weighted by atomic mass is 32.2. The summed E-state index contributed by atoms with van der Waals surface area (Å²) in [5.74, 6) is -2.00. The van der Waals surface area contributed by atoms with Crippen molar-refractivity contribution in [2.75, 3.05) is 30.8 Å². The van der Waals surface area contributed by atoms with Gasteiger partial charge < -0.3 is 35.3 Å². The Morgan fingerprint density at radius 2 is 1.74 bits per heavy atom. The predicted octanol–water partition coefficient (Wildman–Crippen LogP) is 7.74. The van der Waals surface area contributed by atoms with Crippen LogP contribution in [0.4, 0.5) is 15.6 Å². The Morgan fingerprint density at radius 3 is 2.42 bits per heavy atom. The maximum absolute atomic E-state index is 14.5. The van der Waals surface area contributed by atoms with E-state index >= 15 is 0 Å². The molecule has 19 heteroatoms. The number of methoxy groups -OCH3 is 1. The largest absolute Gasteiger partial charge is 0.497 e. The third kappa shape index (κ3) is 12.5. The number of hydrogen-bond acceptors (Lipinski definition) is 14. The van der Waals surface area contributed by atoms with E-state index in [0.717, 1.165) is 37.2 Å². The number of unbranched alkanes of at least 4 members (excludes halogenated alkanes) is 5. The van der Waals surface area contributed by atoms with E-state index in [-0.39, 0.29) is 36.7 Å². The Balaban J connectivity index is 1.19. The summed E-state index contributed by atoms with van der Waals surface area (Å²) in [6.07, 6.45) is 5.19. The number of carboxylic acids is 1. The van der Waals surface area contributed by atoms with Crippen LogP contribution >= 0.6 is 11.3 Å². The average Bonchev–Trinajstić information content (AvgIpc) is 3.51. The molecular weight excluding hydrogens is 887 g/mol. The Labute approximate surface area is 390 Å². The number of anilines is 2. The van der Waals surface area contributed by atoms with Crippen LogP contribution < -0.4 is 30.1 Å². The second-order valence-corrected chi connectivity index (χ2v) is 20.5. The number of thiazole rings is 1. The zero-order chi connectivity index (χ0) is 47.8. The van der Waals surface area contributed by atoms with E-state index in [2.05, 4.69) is 27.3 Å². The molecule has 2 aromatic heterocycles. The van der Waals surface area contributed by atoms with Crippen LogP contribution in [0.15, 0.2) is 71.5 Å². The van der Waals surface area contributed by atoms with Crippen molar-refractivity contribution in [1.29, 1.82) is 0 Å². The van der Waals surface area contributed by atoms with Crippen molar-refractivity contribution in [2.45, 2.75) is 127 Å². The van der Waals surface area contributed by atoms with Crippen molar-refractivity contribution >= 4 is 67.0 Å². The van der Waals surface area contributed by atoms with Crippen LogP contribution in [0.1, 0.15) is 92.4 Å². The molecule has 3 amide bonds. The van der Waals surface area contributed by atoms with Crippen LogP contribution in [0, 0.1) is 5.92 Å². The Morgan fingerprint density at radius 1 is 1.02 bits per heavy atom. The number of ether oxygens (including phenoxy) is 3. The fraction of sp³-hybridized carbons (Fsp3) is 0.489. The van der Waals surface area contributed by atoms with Crippen LogP contribution in [0.25, 0.3) is 22.3 Å². The van der Waals surface area contributed by atoms with Gasteiger partial charge in [-0.2, -0.15) is 0 Å². The van der Waals surface area contributed by atoms with Gasteiger partial charge in [0.05, 0.1) is 30.6 Å². The van der Waals surface area contributed by atoms with Crippen molar-refractivity contribution in [3.8, 4) is 22.9 Å². The van der Waals surface area contributed by atoms with Gasteiger partial charge in [-0.1, -0.05) is 43.9 Å². The van der Waals surface area contributed by atoms with Crippen molar-refractivity contribution in [3.05, 3.63) is 66.6 Å². The number of carbonyl (C=O) groups is 4. The van der Waals surface area contributed by atoms with Gasteiger partial charge in [0.15, 0.2) is 5.13 Å². The minimum absolute atomic E-state index is 0.0120. The highest BCUT2D eigenvalue weighted by molar-refractivity contribution is 7.90. The number of carboxylic acid groups (broad SMARTS) is 1. The number of fused-ring (bicyclic) bond motifs is 1. The molecule has 4 aromatic rings. The van der Waals surface area contributed by atoms with Gasteiger partial charge in [-0.25, -0.2) is 27.9 Å². The van der Waals surface area contributed by atoms with E-state index < -0.39 is 63.1 Å². The number of likely N-dealkylation sites (tertiary alicyclic amines) is 1. The Kier molecular flexibility index (Phi) is 15.8. The number of aromatic nitrogens is 2. The molecule has 3 heterocycles. The summed E-state index contributed by atoms with van der Waals surface area (Å²) in [7, 11) is -2.88. The van der Waals surface area contributed by atoms with Crippen molar-refractivity contribution in [1.82, 2.24) is 24.9 Å². The molecule has 1 saturated carbocycles. The van der Waals surface area contributed by atoms with Crippen LogP contribution in [-0.2, 0) is 29.1 Å². The van der Waals surface area contributed by atoms with E-state index in [1.54, 1.807) is 64.3 Å². The number of pyridine rings is 1. The Hall–Kier alpha value is -5.95. The standard InChI is InChI=1S/C47H61N7O10S2/c1-8-30-26-47(30,43(58)53-66(60,61)40-18-15-14-17-34(40)48-22-16-12-10-9-11-13-19-41(55)56)52-42(57)38-24-32(27-54(38)45(59)64-46(4,5)6)63-39-25-36(37-28-65-44(51-37)49-29(2)3)50-35-23-31(62-7)20-21-33(35)39/h8,14-15,17-18,20-21,23,25,28-30,32,38,48H,1,9-13,16,19,22,24,26-27H2,2-7H3,(H,49,51)(H,52,57)(H,53,58)(H,55,56). The third-order valence-corrected chi connectivity index (χ3v) is 13.4. The zero-order valence-corrected chi connectivity index (χ0v) is 40.0. The van der Waals surface area contributed by atoms with Gasteiger partial charge in [0.1, 0.15) is 45.4 Å². The molecule has 2 aliphatic rings. The highest BCUT2D eigenvalue weighted by Crippen LogP contribution is 2.45. The van der Waals surface area contributed by atoms with Crippen LogP contribution in [0.3, 0.4) is 0 Å². The minimum atomic E-state index is -4.44. The quantitative estimate of drug-likeness (QED) is 0.0375. The molecule has 4 atom stereocenters. The van der Waals surface area contributed by atoms with Crippen molar-refractivity contribution in [3.63, 3.8) is 0 Å². The van der Waals surface area contributed by atoms with E-state index in [1.165, 1.54) is 28.4 Å². The molecule has 0 radical (unpaired) electrons.